The highest BCUT2D eigenvalue weighted by atomic mass is 79.9. The van der Waals surface area contributed by atoms with Gasteiger partial charge in [-0.1, -0.05) is 68.3 Å². The van der Waals surface area contributed by atoms with Crippen molar-refractivity contribution in [3.63, 3.8) is 0 Å². The van der Waals surface area contributed by atoms with E-state index in [1.165, 1.54) is 11.5 Å². The smallest absolute Gasteiger partial charge is 0.266 e. The van der Waals surface area contributed by atoms with Gasteiger partial charge in [0.15, 0.2) is 11.5 Å². The van der Waals surface area contributed by atoms with E-state index in [-0.39, 0.29) is 5.57 Å². The SMILES string of the molecule is CCOc1cc(/C=C(\C#N)C(=O)Nc2ccc(Br)cc2)c(Br)cc1OCc1ccc2ccccc2c1. The fourth-order valence-corrected chi connectivity index (χ4v) is 4.27. The molecule has 0 aliphatic carbocycles. The largest absolute Gasteiger partial charge is 0.490 e. The lowest BCUT2D eigenvalue weighted by Crippen LogP contribution is -2.13. The first-order chi connectivity index (χ1) is 17.5. The molecule has 0 aliphatic rings. The Bertz CT molecular complexity index is 1470. The number of hydrogen-bond donors (Lipinski definition) is 1. The summed E-state index contributed by atoms with van der Waals surface area (Å²) in [6.45, 7) is 2.69. The summed E-state index contributed by atoms with van der Waals surface area (Å²) >= 11 is 6.91. The number of nitrogens with zero attached hydrogens (tertiary/aromatic N) is 1. The van der Waals surface area contributed by atoms with Crippen molar-refractivity contribution in [2.24, 2.45) is 0 Å². The average molecular weight is 606 g/mol. The summed E-state index contributed by atoms with van der Waals surface area (Å²) in [5.41, 5.74) is 2.22. The number of carbonyl (C=O) groups is 1. The van der Waals surface area contributed by atoms with Crippen LogP contribution in [0.15, 0.2) is 93.4 Å². The molecule has 0 fully saturated rings. The van der Waals surface area contributed by atoms with Gasteiger partial charge in [-0.05, 0) is 77.4 Å². The van der Waals surface area contributed by atoms with Crippen molar-refractivity contribution >= 4 is 60.3 Å². The maximum Gasteiger partial charge on any atom is 0.266 e. The number of halogens is 2. The Balaban J connectivity index is 1.56. The highest BCUT2D eigenvalue weighted by Crippen LogP contribution is 2.35. The van der Waals surface area contributed by atoms with Crippen LogP contribution in [0.4, 0.5) is 5.69 Å². The lowest BCUT2D eigenvalue weighted by atomic mass is 10.1. The summed E-state index contributed by atoms with van der Waals surface area (Å²) in [4.78, 5) is 12.7. The lowest BCUT2D eigenvalue weighted by Gasteiger charge is -2.14. The maximum absolute atomic E-state index is 12.7. The Labute approximate surface area is 226 Å². The Hall–Kier alpha value is -3.60. The quantitative estimate of drug-likeness (QED) is 0.164. The van der Waals surface area contributed by atoms with Gasteiger partial charge in [0, 0.05) is 14.6 Å². The number of fused-ring (bicyclic) bond motifs is 1. The molecule has 36 heavy (non-hydrogen) atoms. The number of carbonyl (C=O) groups excluding carboxylic acids is 1. The minimum atomic E-state index is -0.499. The molecule has 0 atom stereocenters. The van der Waals surface area contributed by atoms with E-state index in [4.69, 9.17) is 9.47 Å². The van der Waals surface area contributed by atoms with Gasteiger partial charge in [0.1, 0.15) is 18.2 Å². The topological polar surface area (TPSA) is 71.3 Å². The fourth-order valence-electron chi connectivity index (χ4n) is 3.57. The fraction of sp³-hybridized carbons (Fsp3) is 0.103. The van der Waals surface area contributed by atoms with Crippen LogP contribution in [-0.2, 0) is 11.4 Å². The van der Waals surface area contributed by atoms with Crippen molar-refractivity contribution in [1.82, 2.24) is 0 Å². The third-order valence-corrected chi connectivity index (χ3v) is 6.55. The first-order valence-corrected chi connectivity index (χ1v) is 12.8. The predicted molar refractivity (Wildman–Crippen MR) is 150 cm³/mol. The van der Waals surface area contributed by atoms with Crippen molar-refractivity contribution in [2.45, 2.75) is 13.5 Å². The zero-order valence-electron chi connectivity index (χ0n) is 19.4. The van der Waals surface area contributed by atoms with Gasteiger partial charge in [-0.2, -0.15) is 5.26 Å². The van der Waals surface area contributed by atoms with E-state index in [2.05, 4.69) is 61.4 Å². The van der Waals surface area contributed by atoms with Crippen LogP contribution < -0.4 is 14.8 Å². The normalized spacial score (nSPS) is 11.1. The highest BCUT2D eigenvalue weighted by molar-refractivity contribution is 9.10. The minimum Gasteiger partial charge on any atom is -0.490 e. The number of ether oxygens (including phenoxy) is 2. The van der Waals surface area contributed by atoms with E-state index in [0.717, 1.165) is 15.4 Å². The average Bonchev–Trinajstić information content (AvgIpc) is 2.89. The Kier molecular flexibility index (Phi) is 8.42. The van der Waals surface area contributed by atoms with E-state index < -0.39 is 5.91 Å². The van der Waals surface area contributed by atoms with Crippen LogP contribution in [0.25, 0.3) is 16.8 Å². The van der Waals surface area contributed by atoms with Gasteiger partial charge < -0.3 is 14.8 Å². The second-order valence-electron chi connectivity index (χ2n) is 7.85. The predicted octanol–water partition coefficient (Wildman–Crippen LogP) is 7.89. The second kappa shape index (κ2) is 11.9. The standard InChI is InChI=1S/C29H22Br2N2O3/c1-2-35-27-15-22(14-23(17-32)29(34)33-25-11-9-24(30)10-12-25)26(31)16-28(27)36-18-19-7-8-20-5-3-4-6-21(20)13-19/h3-16H,2,18H2,1H3,(H,33,34)/b23-14+. The number of rotatable bonds is 8. The zero-order valence-corrected chi connectivity index (χ0v) is 22.6. The van der Waals surface area contributed by atoms with Crippen molar-refractivity contribution in [2.75, 3.05) is 11.9 Å². The van der Waals surface area contributed by atoms with Crippen molar-refractivity contribution in [3.05, 3.63) is 105 Å². The molecule has 4 aromatic rings. The molecule has 1 amide bonds. The molecule has 0 heterocycles. The third-order valence-electron chi connectivity index (χ3n) is 5.34. The van der Waals surface area contributed by atoms with Crippen LogP contribution in [0.3, 0.4) is 0 Å². The Morgan fingerprint density at radius 2 is 1.67 bits per heavy atom. The van der Waals surface area contributed by atoms with Crippen LogP contribution in [0.2, 0.25) is 0 Å². The van der Waals surface area contributed by atoms with Crippen molar-refractivity contribution < 1.29 is 14.3 Å². The summed E-state index contributed by atoms with van der Waals surface area (Å²) in [5.74, 6) is 0.589. The van der Waals surface area contributed by atoms with Crippen molar-refractivity contribution in [3.8, 4) is 17.6 Å². The van der Waals surface area contributed by atoms with Gasteiger partial charge in [0.2, 0.25) is 0 Å². The first kappa shape index (κ1) is 25.5. The molecule has 4 rings (SSSR count). The molecular weight excluding hydrogens is 584 g/mol. The van der Waals surface area contributed by atoms with Crippen molar-refractivity contribution in [1.29, 1.82) is 5.26 Å². The highest BCUT2D eigenvalue weighted by Gasteiger charge is 2.14. The summed E-state index contributed by atoms with van der Waals surface area (Å²) in [6, 6.07) is 27.1. The molecule has 0 radical (unpaired) electrons. The van der Waals surface area contributed by atoms with E-state index in [9.17, 15) is 10.1 Å². The number of anilines is 1. The summed E-state index contributed by atoms with van der Waals surface area (Å²) < 4.78 is 13.5. The lowest BCUT2D eigenvalue weighted by molar-refractivity contribution is -0.112. The van der Waals surface area contributed by atoms with Gasteiger partial charge in [0.25, 0.3) is 5.91 Å². The van der Waals surface area contributed by atoms with E-state index in [1.807, 2.05) is 43.3 Å². The maximum atomic E-state index is 12.7. The second-order valence-corrected chi connectivity index (χ2v) is 9.62. The van der Waals surface area contributed by atoms with Gasteiger partial charge >= 0.3 is 0 Å². The number of benzene rings is 4. The summed E-state index contributed by atoms with van der Waals surface area (Å²) in [7, 11) is 0. The number of nitriles is 1. The Morgan fingerprint density at radius 1 is 0.944 bits per heavy atom. The summed E-state index contributed by atoms with van der Waals surface area (Å²) in [5, 5.41) is 14.7. The molecule has 180 valence electrons. The van der Waals surface area contributed by atoms with Crippen LogP contribution in [0, 0.1) is 11.3 Å². The molecule has 0 saturated carbocycles. The van der Waals surface area contributed by atoms with E-state index >= 15 is 0 Å². The van der Waals surface area contributed by atoms with Crippen LogP contribution in [0.1, 0.15) is 18.1 Å². The monoisotopic (exact) mass is 604 g/mol. The summed E-state index contributed by atoms with van der Waals surface area (Å²) in [6.07, 6.45) is 1.52. The zero-order chi connectivity index (χ0) is 25.5. The van der Waals surface area contributed by atoms with E-state index in [0.29, 0.717) is 40.4 Å². The minimum absolute atomic E-state index is 0.0362. The van der Waals surface area contributed by atoms with Crippen LogP contribution in [-0.4, -0.2) is 12.5 Å². The molecule has 4 aromatic carbocycles. The molecule has 1 N–H and O–H groups in total. The van der Waals surface area contributed by atoms with Crippen LogP contribution >= 0.6 is 31.9 Å². The molecule has 0 saturated heterocycles. The molecule has 7 heteroatoms. The molecule has 0 unspecified atom stereocenters. The van der Waals surface area contributed by atoms with Gasteiger partial charge in [0.05, 0.1) is 6.61 Å². The van der Waals surface area contributed by atoms with Gasteiger partial charge in [-0.15, -0.1) is 0 Å². The van der Waals surface area contributed by atoms with E-state index in [1.54, 1.807) is 24.3 Å². The number of nitrogens with one attached hydrogen (secondary N) is 1. The third kappa shape index (κ3) is 6.34. The molecule has 0 aliphatic heterocycles. The molecule has 5 nitrogen and oxygen atoms in total. The molecule has 0 aromatic heterocycles. The molecule has 0 bridgehead atoms. The van der Waals surface area contributed by atoms with Gasteiger partial charge in [-0.3, -0.25) is 4.79 Å². The molecule has 0 spiro atoms. The first-order valence-electron chi connectivity index (χ1n) is 11.2. The van der Waals surface area contributed by atoms with Gasteiger partial charge in [-0.25, -0.2) is 0 Å². The Morgan fingerprint density at radius 3 is 2.39 bits per heavy atom. The van der Waals surface area contributed by atoms with Crippen LogP contribution in [0.5, 0.6) is 11.5 Å². The number of amides is 1. The molecular formula is C29H22Br2N2O3. The number of hydrogen-bond acceptors (Lipinski definition) is 4.